The first-order chi connectivity index (χ1) is 13.8. The monoisotopic (exact) mass is 397 g/mol. The molecule has 0 radical (unpaired) electrons. The molecule has 0 spiro atoms. The zero-order valence-electron chi connectivity index (χ0n) is 16.1. The maximum atomic E-state index is 13.5. The first-order valence-electron chi connectivity index (χ1n) is 9.01. The van der Waals surface area contributed by atoms with Gasteiger partial charge in [0.15, 0.2) is 6.61 Å². The van der Waals surface area contributed by atoms with Gasteiger partial charge < -0.3 is 10.1 Å². The van der Waals surface area contributed by atoms with E-state index in [-0.39, 0.29) is 24.1 Å². The summed E-state index contributed by atoms with van der Waals surface area (Å²) in [5.41, 5.74) is 1.11. The average molecular weight is 397 g/mol. The zero-order valence-corrected chi connectivity index (χ0v) is 16.1. The number of hydrogen-bond donors (Lipinski definition) is 1. The molecule has 8 heteroatoms. The van der Waals surface area contributed by atoms with Crippen LogP contribution >= 0.6 is 0 Å². The number of aromatic nitrogens is 2. The fourth-order valence-electron chi connectivity index (χ4n) is 2.79. The van der Waals surface area contributed by atoms with Crippen LogP contribution in [0.2, 0.25) is 0 Å². The first-order valence-corrected chi connectivity index (χ1v) is 9.01. The summed E-state index contributed by atoms with van der Waals surface area (Å²) in [7, 11) is 1.59. The van der Waals surface area contributed by atoms with E-state index in [0.717, 1.165) is 0 Å². The van der Waals surface area contributed by atoms with Gasteiger partial charge in [-0.25, -0.2) is 9.37 Å². The maximum Gasteiger partial charge on any atom is 0.306 e. The Morgan fingerprint density at radius 1 is 1.21 bits per heavy atom. The number of carbonyl (C=O) groups excluding carboxylic acids is 2. The Bertz CT molecular complexity index is 1140. The van der Waals surface area contributed by atoms with Crippen LogP contribution in [0.4, 0.5) is 10.1 Å². The number of amides is 1. The van der Waals surface area contributed by atoms with Crippen LogP contribution in [0, 0.1) is 12.7 Å². The van der Waals surface area contributed by atoms with Crippen LogP contribution in [-0.4, -0.2) is 28.0 Å². The number of esters is 1. The molecule has 0 saturated carbocycles. The summed E-state index contributed by atoms with van der Waals surface area (Å²) in [6.45, 7) is 1.13. The van der Waals surface area contributed by atoms with Crippen molar-refractivity contribution < 1.29 is 18.7 Å². The van der Waals surface area contributed by atoms with Crippen molar-refractivity contribution in [2.75, 3.05) is 11.9 Å². The van der Waals surface area contributed by atoms with Gasteiger partial charge in [-0.15, -0.1) is 0 Å². The Kier molecular flexibility index (Phi) is 6.01. The number of hydrogen-bond acceptors (Lipinski definition) is 5. The molecule has 1 aromatic heterocycles. The van der Waals surface area contributed by atoms with Gasteiger partial charge in [0.05, 0.1) is 17.3 Å². The molecule has 0 saturated heterocycles. The average Bonchev–Trinajstić information content (AvgIpc) is 2.71. The van der Waals surface area contributed by atoms with Gasteiger partial charge in [-0.1, -0.05) is 18.2 Å². The number of fused-ring (bicyclic) bond motifs is 1. The Morgan fingerprint density at radius 2 is 1.97 bits per heavy atom. The van der Waals surface area contributed by atoms with Crippen LogP contribution in [0.15, 0.2) is 47.3 Å². The van der Waals surface area contributed by atoms with Gasteiger partial charge >= 0.3 is 5.97 Å². The molecule has 0 bridgehead atoms. The van der Waals surface area contributed by atoms with E-state index < -0.39 is 24.3 Å². The lowest BCUT2D eigenvalue weighted by atomic mass is 10.2. The van der Waals surface area contributed by atoms with Crippen LogP contribution in [0.25, 0.3) is 10.9 Å². The molecule has 0 aliphatic heterocycles. The number of benzene rings is 2. The quantitative estimate of drug-likeness (QED) is 0.646. The molecule has 2 aromatic carbocycles. The normalized spacial score (nSPS) is 10.7. The van der Waals surface area contributed by atoms with Crippen molar-refractivity contribution >= 4 is 28.5 Å². The Morgan fingerprint density at radius 3 is 2.72 bits per heavy atom. The van der Waals surface area contributed by atoms with Crippen LogP contribution < -0.4 is 10.9 Å². The predicted octanol–water partition coefficient (Wildman–Crippen LogP) is 2.50. The molecule has 0 aliphatic rings. The lowest BCUT2D eigenvalue weighted by molar-refractivity contribution is -0.147. The highest BCUT2D eigenvalue weighted by Gasteiger charge is 2.12. The minimum atomic E-state index is -0.599. The second-order valence-corrected chi connectivity index (χ2v) is 6.58. The van der Waals surface area contributed by atoms with Gasteiger partial charge in [0.1, 0.15) is 11.6 Å². The number of nitrogens with one attached hydrogen (secondary N) is 1. The van der Waals surface area contributed by atoms with Crippen molar-refractivity contribution in [3.05, 3.63) is 70.0 Å². The number of anilines is 1. The molecule has 0 aliphatic carbocycles. The highest BCUT2D eigenvalue weighted by atomic mass is 19.1. The standard InChI is InChI=1S/C21H20FN3O4/c1-13-7-8-14(11-16(13)22)23-19(26)12-29-20(27)10-9-18-24-17-6-4-3-5-15(17)21(28)25(18)2/h3-8,11H,9-10,12H2,1-2H3,(H,23,26). The van der Waals surface area contributed by atoms with Crippen molar-refractivity contribution in [2.45, 2.75) is 19.8 Å². The van der Waals surface area contributed by atoms with Gasteiger partial charge in [0.2, 0.25) is 0 Å². The van der Waals surface area contributed by atoms with Gasteiger partial charge in [-0.2, -0.15) is 0 Å². The summed E-state index contributed by atoms with van der Waals surface area (Å²) in [4.78, 5) is 40.6. The topological polar surface area (TPSA) is 90.3 Å². The Balaban J connectivity index is 1.54. The summed E-state index contributed by atoms with van der Waals surface area (Å²) >= 11 is 0. The van der Waals surface area contributed by atoms with E-state index in [9.17, 15) is 18.8 Å². The molecule has 150 valence electrons. The summed E-state index contributed by atoms with van der Waals surface area (Å²) < 4.78 is 19.8. The molecule has 3 rings (SSSR count). The number of carbonyl (C=O) groups is 2. The van der Waals surface area contributed by atoms with Crippen molar-refractivity contribution in [1.29, 1.82) is 0 Å². The maximum absolute atomic E-state index is 13.5. The molecular formula is C21H20FN3O4. The number of aryl methyl sites for hydroxylation is 2. The third-order valence-corrected chi connectivity index (χ3v) is 4.45. The van der Waals surface area contributed by atoms with E-state index in [2.05, 4.69) is 10.3 Å². The second kappa shape index (κ2) is 8.64. The molecule has 1 heterocycles. The molecule has 0 fully saturated rings. The second-order valence-electron chi connectivity index (χ2n) is 6.58. The SMILES string of the molecule is Cc1ccc(NC(=O)COC(=O)CCc2nc3ccccc3c(=O)n2C)cc1F. The van der Waals surface area contributed by atoms with E-state index in [1.165, 1.54) is 16.7 Å². The van der Waals surface area contributed by atoms with E-state index >= 15 is 0 Å². The molecular weight excluding hydrogens is 377 g/mol. The Labute approximate surface area is 166 Å². The summed E-state index contributed by atoms with van der Waals surface area (Å²) in [6.07, 6.45) is 0.158. The lowest BCUT2D eigenvalue weighted by Crippen LogP contribution is -2.24. The minimum absolute atomic E-state index is 0.0366. The van der Waals surface area contributed by atoms with Crippen LogP contribution in [0.5, 0.6) is 0 Å². The van der Waals surface area contributed by atoms with Crippen LogP contribution in [-0.2, 0) is 27.8 Å². The molecule has 29 heavy (non-hydrogen) atoms. The summed E-state index contributed by atoms with van der Waals surface area (Å²) in [5, 5.41) is 2.97. The molecule has 1 N–H and O–H groups in total. The molecule has 7 nitrogen and oxygen atoms in total. The predicted molar refractivity (Wildman–Crippen MR) is 106 cm³/mol. The van der Waals surface area contributed by atoms with Crippen molar-refractivity contribution in [3.63, 3.8) is 0 Å². The lowest BCUT2D eigenvalue weighted by Gasteiger charge is -2.10. The smallest absolute Gasteiger partial charge is 0.306 e. The fraction of sp³-hybridized carbons (Fsp3) is 0.238. The number of para-hydroxylation sites is 1. The highest BCUT2D eigenvalue weighted by molar-refractivity contribution is 5.92. The summed E-state index contributed by atoms with van der Waals surface area (Å²) in [5.74, 6) is -1.16. The van der Waals surface area contributed by atoms with Gasteiger partial charge in [-0.05, 0) is 36.8 Å². The van der Waals surface area contributed by atoms with Crippen molar-refractivity contribution in [2.24, 2.45) is 7.05 Å². The van der Waals surface area contributed by atoms with E-state index in [4.69, 9.17) is 4.74 Å². The van der Waals surface area contributed by atoms with Gasteiger partial charge in [0, 0.05) is 19.2 Å². The number of rotatable bonds is 6. The zero-order chi connectivity index (χ0) is 21.0. The molecule has 0 unspecified atom stereocenters. The molecule has 1 amide bonds. The van der Waals surface area contributed by atoms with Crippen molar-refractivity contribution in [3.8, 4) is 0 Å². The van der Waals surface area contributed by atoms with Crippen LogP contribution in [0.3, 0.4) is 0 Å². The molecule has 0 atom stereocenters. The fourth-order valence-corrected chi connectivity index (χ4v) is 2.79. The number of nitrogens with zero attached hydrogens (tertiary/aromatic N) is 2. The van der Waals surface area contributed by atoms with E-state index in [1.807, 2.05) is 0 Å². The van der Waals surface area contributed by atoms with Gasteiger partial charge in [-0.3, -0.25) is 19.0 Å². The van der Waals surface area contributed by atoms with E-state index in [0.29, 0.717) is 22.3 Å². The molecule has 3 aromatic rings. The first kappa shape index (κ1) is 20.2. The van der Waals surface area contributed by atoms with Gasteiger partial charge in [0.25, 0.3) is 11.5 Å². The number of halogens is 1. The van der Waals surface area contributed by atoms with Crippen molar-refractivity contribution in [1.82, 2.24) is 9.55 Å². The van der Waals surface area contributed by atoms with Crippen LogP contribution in [0.1, 0.15) is 17.8 Å². The highest BCUT2D eigenvalue weighted by Crippen LogP contribution is 2.13. The van der Waals surface area contributed by atoms with E-state index in [1.54, 1.807) is 44.3 Å². The third kappa shape index (κ3) is 4.84. The Hall–Kier alpha value is -3.55. The summed E-state index contributed by atoms with van der Waals surface area (Å²) in [6, 6.07) is 11.3. The third-order valence-electron chi connectivity index (χ3n) is 4.45. The number of ether oxygens (including phenoxy) is 1. The largest absolute Gasteiger partial charge is 0.456 e. The minimum Gasteiger partial charge on any atom is -0.456 e.